The monoisotopic (exact) mass is 416 g/mol. The van der Waals surface area contributed by atoms with Crippen molar-refractivity contribution in [2.75, 3.05) is 39.3 Å². The van der Waals surface area contributed by atoms with Gasteiger partial charge in [0.2, 0.25) is 0 Å². The fraction of sp³-hybridized carbons (Fsp3) is 0.364. The van der Waals surface area contributed by atoms with Gasteiger partial charge in [-0.2, -0.15) is 0 Å². The van der Waals surface area contributed by atoms with Gasteiger partial charge in [0, 0.05) is 79.5 Å². The van der Waals surface area contributed by atoms with Gasteiger partial charge in [-0.3, -0.25) is 4.90 Å². The number of nitrogens with zero attached hydrogens (tertiary/aromatic N) is 2. The first-order chi connectivity index (χ1) is 13.7. The number of benzene rings is 2. The molecule has 0 unspecified atom stereocenters. The first-order valence-electron chi connectivity index (χ1n) is 9.85. The zero-order valence-electron chi connectivity index (χ0n) is 15.9. The summed E-state index contributed by atoms with van der Waals surface area (Å²) in [5, 5.41) is 9.69. The summed E-state index contributed by atoms with van der Waals surface area (Å²) in [6.45, 7) is 8.18. The van der Waals surface area contributed by atoms with Crippen molar-refractivity contribution in [3.05, 3.63) is 69.8 Å². The van der Waals surface area contributed by atoms with Crippen molar-refractivity contribution in [1.82, 2.24) is 20.1 Å². The van der Waals surface area contributed by atoms with Crippen LogP contribution in [0.1, 0.15) is 11.1 Å². The lowest BCUT2D eigenvalue weighted by molar-refractivity contribution is 0.241. The molecule has 6 heteroatoms. The molecule has 1 aromatic heterocycles. The fourth-order valence-electron chi connectivity index (χ4n) is 3.82. The van der Waals surface area contributed by atoms with Gasteiger partial charge >= 0.3 is 0 Å². The van der Waals surface area contributed by atoms with Crippen molar-refractivity contribution >= 4 is 34.1 Å². The Kier molecular flexibility index (Phi) is 6.55. The van der Waals surface area contributed by atoms with E-state index in [0.717, 1.165) is 57.9 Å². The van der Waals surface area contributed by atoms with Gasteiger partial charge in [-0.1, -0.05) is 47.5 Å². The van der Waals surface area contributed by atoms with Crippen molar-refractivity contribution in [2.45, 2.75) is 13.1 Å². The molecule has 1 aliphatic heterocycles. The van der Waals surface area contributed by atoms with Crippen molar-refractivity contribution in [1.29, 1.82) is 0 Å². The van der Waals surface area contributed by atoms with Crippen molar-refractivity contribution in [3.63, 3.8) is 0 Å². The van der Waals surface area contributed by atoms with E-state index < -0.39 is 0 Å². The molecule has 0 radical (unpaired) electrons. The molecule has 2 N–H and O–H groups in total. The number of piperazine rings is 1. The minimum atomic E-state index is 0.667. The van der Waals surface area contributed by atoms with E-state index in [1.165, 1.54) is 16.5 Å². The predicted molar refractivity (Wildman–Crippen MR) is 119 cm³/mol. The molecule has 1 aliphatic rings. The van der Waals surface area contributed by atoms with Gasteiger partial charge in [0.05, 0.1) is 0 Å². The molecule has 0 atom stereocenters. The summed E-state index contributed by atoms with van der Waals surface area (Å²) in [4.78, 5) is 2.51. The van der Waals surface area contributed by atoms with Crippen LogP contribution in [0, 0.1) is 0 Å². The highest BCUT2D eigenvalue weighted by molar-refractivity contribution is 6.35. The molecule has 0 bridgehead atoms. The summed E-state index contributed by atoms with van der Waals surface area (Å²) in [6.07, 6.45) is 2.24. The minimum absolute atomic E-state index is 0.667. The van der Waals surface area contributed by atoms with Crippen molar-refractivity contribution in [2.24, 2.45) is 0 Å². The minimum Gasteiger partial charge on any atom is -0.343 e. The molecule has 0 spiro atoms. The van der Waals surface area contributed by atoms with E-state index in [9.17, 15) is 0 Å². The first kappa shape index (κ1) is 19.7. The normalized spacial score (nSPS) is 15.4. The second-order valence-electron chi connectivity index (χ2n) is 7.30. The smallest absolute Gasteiger partial charge is 0.0491 e. The number of halogens is 2. The lowest BCUT2D eigenvalue weighted by atomic mass is 10.2. The van der Waals surface area contributed by atoms with Gasteiger partial charge < -0.3 is 15.2 Å². The Bertz CT molecular complexity index is 931. The summed E-state index contributed by atoms with van der Waals surface area (Å²) < 4.78 is 2.28. The topological polar surface area (TPSA) is 32.2 Å². The predicted octanol–water partition coefficient (Wildman–Crippen LogP) is 3.99. The Morgan fingerprint density at radius 2 is 1.82 bits per heavy atom. The lowest BCUT2D eigenvalue weighted by Crippen LogP contribution is -2.45. The summed E-state index contributed by atoms with van der Waals surface area (Å²) >= 11 is 12.4. The third kappa shape index (κ3) is 4.70. The first-order valence-corrected chi connectivity index (χ1v) is 10.6. The van der Waals surface area contributed by atoms with Gasteiger partial charge in [-0.25, -0.2) is 0 Å². The van der Waals surface area contributed by atoms with Crippen LogP contribution in [-0.2, 0) is 13.1 Å². The zero-order chi connectivity index (χ0) is 19.3. The molecule has 0 amide bonds. The van der Waals surface area contributed by atoms with Crippen LogP contribution >= 0.6 is 23.2 Å². The number of rotatable bonds is 7. The molecule has 28 heavy (non-hydrogen) atoms. The van der Waals surface area contributed by atoms with Crippen LogP contribution in [0.3, 0.4) is 0 Å². The van der Waals surface area contributed by atoms with E-state index in [1.54, 1.807) is 0 Å². The van der Waals surface area contributed by atoms with Crippen molar-refractivity contribution in [3.8, 4) is 0 Å². The van der Waals surface area contributed by atoms with Crippen LogP contribution in [0.2, 0.25) is 10.0 Å². The largest absolute Gasteiger partial charge is 0.343 e. The van der Waals surface area contributed by atoms with Gasteiger partial charge in [-0.15, -0.1) is 0 Å². The maximum Gasteiger partial charge on any atom is 0.0491 e. The second-order valence-corrected chi connectivity index (χ2v) is 8.15. The van der Waals surface area contributed by atoms with Crippen LogP contribution < -0.4 is 10.6 Å². The number of hydrogen-bond donors (Lipinski definition) is 2. The number of fused-ring (bicyclic) bond motifs is 1. The van der Waals surface area contributed by atoms with Crippen LogP contribution in [0.4, 0.5) is 0 Å². The highest BCUT2D eigenvalue weighted by Crippen LogP contribution is 2.26. The third-order valence-electron chi connectivity index (χ3n) is 5.36. The average molecular weight is 417 g/mol. The molecule has 0 saturated carbocycles. The molecule has 0 aliphatic carbocycles. The SMILES string of the molecule is Clc1ccc(Cn2cc(CNCCN3CCNCC3)c3ccccc32)c(Cl)c1. The van der Waals surface area contributed by atoms with E-state index >= 15 is 0 Å². The van der Waals surface area contributed by atoms with E-state index in [-0.39, 0.29) is 0 Å². The molecule has 2 heterocycles. The molecular formula is C22H26Cl2N4. The van der Waals surface area contributed by atoms with Gasteiger partial charge in [-0.05, 0) is 29.3 Å². The standard InChI is InChI=1S/C22H26Cl2N4/c23-19-6-5-17(21(24)13-19)15-28-16-18(20-3-1-2-4-22(20)28)14-26-9-12-27-10-7-25-8-11-27/h1-6,13,16,25-26H,7-12,14-15H2. The van der Waals surface area contributed by atoms with E-state index in [1.807, 2.05) is 18.2 Å². The lowest BCUT2D eigenvalue weighted by Gasteiger charge is -2.27. The summed E-state index contributed by atoms with van der Waals surface area (Å²) in [6, 6.07) is 14.3. The van der Waals surface area contributed by atoms with Crippen LogP contribution in [0.15, 0.2) is 48.7 Å². The van der Waals surface area contributed by atoms with E-state index in [2.05, 4.69) is 50.6 Å². The molecule has 4 rings (SSSR count). The summed E-state index contributed by atoms with van der Waals surface area (Å²) in [5.74, 6) is 0. The molecule has 1 fully saturated rings. The Balaban J connectivity index is 1.45. The highest BCUT2D eigenvalue weighted by Gasteiger charge is 2.11. The highest BCUT2D eigenvalue weighted by atomic mass is 35.5. The maximum absolute atomic E-state index is 6.39. The van der Waals surface area contributed by atoms with Gasteiger partial charge in [0.15, 0.2) is 0 Å². The number of nitrogens with one attached hydrogen (secondary N) is 2. The van der Waals surface area contributed by atoms with Crippen LogP contribution in [0.25, 0.3) is 10.9 Å². The number of hydrogen-bond acceptors (Lipinski definition) is 3. The number of aromatic nitrogens is 1. The van der Waals surface area contributed by atoms with Crippen molar-refractivity contribution < 1.29 is 0 Å². The zero-order valence-corrected chi connectivity index (χ0v) is 17.4. The summed E-state index contributed by atoms with van der Waals surface area (Å²) in [5.41, 5.74) is 3.62. The summed E-state index contributed by atoms with van der Waals surface area (Å²) in [7, 11) is 0. The Morgan fingerprint density at radius 3 is 2.64 bits per heavy atom. The van der Waals surface area contributed by atoms with Gasteiger partial charge in [0.1, 0.15) is 0 Å². The van der Waals surface area contributed by atoms with E-state index in [4.69, 9.17) is 23.2 Å². The van der Waals surface area contributed by atoms with Gasteiger partial charge in [0.25, 0.3) is 0 Å². The Morgan fingerprint density at radius 1 is 1.00 bits per heavy atom. The second kappa shape index (κ2) is 9.29. The molecule has 2 aromatic carbocycles. The molecule has 148 valence electrons. The molecule has 4 nitrogen and oxygen atoms in total. The van der Waals surface area contributed by atoms with Crippen LogP contribution in [-0.4, -0.2) is 48.7 Å². The van der Waals surface area contributed by atoms with Crippen LogP contribution in [0.5, 0.6) is 0 Å². The quantitative estimate of drug-likeness (QED) is 0.571. The third-order valence-corrected chi connectivity index (χ3v) is 5.94. The van der Waals surface area contributed by atoms with E-state index in [0.29, 0.717) is 10.0 Å². The number of para-hydroxylation sites is 1. The molecule has 1 saturated heterocycles. The molecular weight excluding hydrogens is 391 g/mol. The molecule has 3 aromatic rings. The fourth-order valence-corrected chi connectivity index (χ4v) is 4.29. The average Bonchev–Trinajstić information content (AvgIpc) is 3.06. The Hall–Kier alpha value is -1.56. The Labute approximate surface area is 176 Å². The maximum atomic E-state index is 6.39.